The third-order valence-electron chi connectivity index (χ3n) is 4.19. The molecular weight excluding hydrogens is 360 g/mol. The lowest BCUT2D eigenvalue weighted by molar-refractivity contribution is -0.383. The van der Waals surface area contributed by atoms with Gasteiger partial charge in [0.1, 0.15) is 12.2 Å². The molecule has 3 aromatic rings. The first kappa shape index (κ1) is 19.0. The molecule has 1 heterocycles. The quantitative estimate of drug-likeness (QED) is 0.524. The van der Waals surface area contributed by atoms with Crippen LogP contribution in [0.15, 0.2) is 65.5 Å². The first-order valence-electron chi connectivity index (χ1n) is 8.68. The average Bonchev–Trinajstić information content (AvgIpc) is 2.70. The second kappa shape index (κ2) is 8.26. The molecule has 1 amide bonds. The minimum atomic E-state index is -0.583. The van der Waals surface area contributed by atoms with Gasteiger partial charge in [0.15, 0.2) is 0 Å². The summed E-state index contributed by atoms with van der Waals surface area (Å²) in [5.74, 6) is -0.581. The van der Waals surface area contributed by atoms with Crippen molar-refractivity contribution in [3.8, 4) is 11.3 Å². The lowest BCUT2D eigenvalue weighted by Crippen LogP contribution is -2.29. The van der Waals surface area contributed by atoms with Crippen molar-refractivity contribution in [2.24, 2.45) is 0 Å². The summed E-state index contributed by atoms with van der Waals surface area (Å²) < 4.78 is 1.03. The van der Waals surface area contributed by atoms with E-state index in [-0.39, 0.29) is 17.9 Å². The summed E-state index contributed by atoms with van der Waals surface area (Å²) in [4.78, 5) is 34.9. The van der Waals surface area contributed by atoms with Crippen molar-refractivity contribution in [2.75, 3.05) is 5.32 Å². The van der Waals surface area contributed by atoms with E-state index in [1.807, 2.05) is 24.3 Å². The molecule has 8 heteroatoms. The molecule has 0 saturated heterocycles. The fraction of sp³-hybridized carbons (Fsp3) is 0.150. The summed E-state index contributed by atoms with van der Waals surface area (Å²) in [6, 6.07) is 16.5. The number of nitro groups is 1. The van der Waals surface area contributed by atoms with Gasteiger partial charge in [-0.2, -0.15) is 5.10 Å². The maximum atomic E-state index is 12.3. The highest BCUT2D eigenvalue weighted by Crippen LogP contribution is 2.23. The Bertz CT molecular complexity index is 1070. The standard InChI is InChI=1S/C20H18N4O4/c1-2-14-7-9-15(10-8-14)16-11-12-20(26)23(22-16)13-19(25)21-17-5-3-4-6-18(17)24(27)28/h3-12H,2,13H2,1H3,(H,21,25). The largest absolute Gasteiger partial charge is 0.319 e. The van der Waals surface area contributed by atoms with Gasteiger partial charge in [-0.25, -0.2) is 4.68 Å². The summed E-state index contributed by atoms with van der Waals surface area (Å²) in [6.45, 7) is 1.70. The first-order valence-corrected chi connectivity index (χ1v) is 8.68. The molecule has 142 valence electrons. The van der Waals surface area contributed by atoms with E-state index in [4.69, 9.17) is 0 Å². The number of carbonyl (C=O) groups is 1. The minimum absolute atomic E-state index is 0.0665. The number of benzene rings is 2. The van der Waals surface area contributed by atoms with E-state index in [0.29, 0.717) is 5.69 Å². The Balaban J connectivity index is 1.81. The summed E-state index contributed by atoms with van der Waals surface area (Å²) in [7, 11) is 0. The van der Waals surface area contributed by atoms with Crippen molar-refractivity contribution < 1.29 is 9.72 Å². The average molecular weight is 378 g/mol. The van der Waals surface area contributed by atoms with E-state index in [2.05, 4.69) is 17.3 Å². The van der Waals surface area contributed by atoms with Crippen molar-refractivity contribution in [1.29, 1.82) is 0 Å². The van der Waals surface area contributed by atoms with Crippen LogP contribution in [0.5, 0.6) is 0 Å². The van der Waals surface area contributed by atoms with Gasteiger partial charge in [0.2, 0.25) is 5.91 Å². The van der Waals surface area contributed by atoms with Gasteiger partial charge in [0.25, 0.3) is 11.2 Å². The molecule has 3 rings (SSSR count). The zero-order valence-corrected chi connectivity index (χ0v) is 15.2. The van der Waals surface area contributed by atoms with Crippen LogP contribution in [0.3, 0.4) is 0 Å². The van der Waals surface area contributed by atoms with E-state index < -0.39 is 16.4 Å². The first-order chi connectivity index (χ1) is 13.5. The number of nitrogens with one attached hydrogen (secondary N) is 1. The number of aromatic nitrogens is 2. The second-order valence-corrected chi connectivity index (χ2v) is 6.09. The number of nitrogens with zero attached hydrogens (tertiary/aromatic N) is 3. The van der Waals surface area contributed by atoms with Crippen LogP contribution in [0.25, 0.3) is 11.3 Å². The Morgan fingerprint density at radius 3 is 2.50 bits per heavy atom. The number of carbonyl (C=O) groups excluding carboxylic acids is 1. The van der Waals surface area contributed by atoms with Crippen molar-refractivity contribution in [1.82, 2.24) is 9.78 Å². The van der Waals surface area contributed by atoms with Crippen LogP contribution in [0.1, 0.15) is 12.5 Å². The SMILES string of the molecule is CCc1ccc(-c2ccc(=O)n(CC(=O)Nc3ccccc3[N+](=O)[O-])n2)cc1. The molecule has 1 aromatic heterocycles. The maximum Gasteiger partial charge on any atom is 0.292 e. The van der Waals surface area contributed by atoms with Crippen LogP contribution in [-0.2, 0) is 17.8 Å². The molecule has 0 atom stereocenters. The molecule has 2 aromatic carbocycles. The van der Waals surface area contributed by atoms with Crippen molar-refractivity contribution in [2.45, 2.75) is 19.9 Å². The van der Waals surface area contributed by atoms with E-state index in [1.54, 1.807) is 12.1 Å². The number of amides is 1. The van der Waals surface area contributed by atoms with Gasteiger partial charge in [0, 0.05) is 17.7 Å². The van der Waals surface area contributed by atoms with Crippen molar-refractivity contribution >= 4 is 17.3 Å². The number of para-hydroxylation sites is 2. The van der Waals surface area contributed by atoms with Crippen molar-refractivity contribution in [3.05, 3.63) is 86.7 Å². The molecule has 0 aliphatic rings. The van der Waals surface area contributed by atoms with Crippen LogP contribution in [-0.4, -0.2) is 20.6 Å². The van der Waals surface area contributed by atoms with Gasteiger partial charge in [-0.05, 0) is 24.1 Å². The molecular formula is C20H18N4O4. The minimum Gasteiger partial charge on any atom is -0.319 e. The van der Waals surface area contributed by atoms with Crippen molar-refractivity contribution in [3.63, 3.8) is 0 Å². The molecule has 1 N–H and O–H groups in total. The highest BCUT2D eigenvalue weighted by molar-refractivity contribution is 5.92. The van der Waals surface area contributed by atoms with Gasteiger partial charge in [-0.1, -0.05) is 43.3 Å². The molecule has 0 fully saturated rings. The van der Waals surface area contributed by atoms with Gasteiger partial charge >= 0.3 is 0 Å². The molecule has 0 saturated carbocycles. The lowest BCUT2D eigenvalue weighted by Gasteiger charge is -2.09. The Hall–Kier alpha value is -3.81. The number of rotatable bonds is 6. The van der Waals surface area contributed by atoms with Crippen LogP contribution < -0.4 is 10.9 Å². The molecule has 0 aliphatic carbocycles. The van der Waals surface area contributed by atoms with Gasteiger partial charge < -0.3 is 5.32 Å². The highest BCUT2D eigenvalue weighted by atomic mass is 16.6. The summed E-state index contributed by atoms with van der Waals surface area (Å²) in [5, 5.41) is 17.8. The molecule has 0 bridgehead atoms. The molecule has 0 aliphatic heterocycles. The Morgan fingerprint density at radius 1 is 1.11 bits per heavy atom. The summed E-state index contributed by atoms with van der Waals surface area (Å²) in [6.07, 6.45) is 0.916. The molecule has 0 unspecified atom stereocenters. The number of anilines is 1. The van der Waals surface area contributed by atoms with Gasteiger partial charge in [-0.3, -0.25) is 19.7 Å². The predicted molar refractivity (Wildman–Crippen MR) is 105 cm³/mol. The van der Waals surface area contributed by atoms with Gasteiger partial charge in [-0.15, -0.1) is 0 Å². The number of nitro benzene ring substituents is 1. The van der Waals surface area contributed by atoms with E-state index in [9.17, 15) is 19.7 Å². The zero-order chi connectivity index (χ0) is 20.1. The molecule has 28 heavy (non-hydrogen) atoms. The zero-order valence-electron chi connectivity index (χ0n) is 15.2. The van der Waals surface area contributed by atoms with Crippen LogP contribution >= 0.6 is 0 Å². The monoisotopic (exact) mass is 378 g/mol. The summed E-state index contributed by atoms with van der Waals surface area (Å²) >= 11 is 0. The van der Waals surface area contributed by atoms with E-state index >= 15 is 0 Å². The Kier molecular flexibility index (Phi) is 5.59. The normalized spacial score (nSPS) is 10.5. The molecule has 0 radical (unpaired) electrons. The van der Waals surface area contributed by atoms with Crippen LogP contribution in [0, 0.1) is 10.1 Å². The fourth-order valence-corrected chi connectivity index (χ4v) is 2.69. The predicted octanol–water partition coefficient (Wildman–Crippen LogP) is 3.02. The second-order valence-electron chi connectivity index (χ2n) is 6.09. The molecule has 8 nitrogen and oxygen atoms in total. The van der Waals surface area contributed by atoms with Crippen LogP contribution in [0.4, 0.5) is 11.4 Å². The maximum absolute atomic E-state index is 12.3. The van der Waals surface area contributed by atoms with Gasteiger partial charge in [0.05, 0.1) is 10.6 Å². The molecule has 0 spiro atoms. The number of aryl methyl sites for hydroxylation is 1. The smallest absolute Gasteiger partial charge is 0.292 e. The number of hydrogen-bond donors (Lipinski definition) is 1. The lowest BCUT2D eigenvalue weighted by atomic mass is 10.1. The number of hydrogen-bond acceptors (Lipinski definition) is 5. The van der Waals surface area contributed by atoms with Crippen LogP contribution in [0.2, 0.25) is 0 Å². The van der Waals surface area contributed by atoms with E-state index in [1.165, 1.54) is 29.8 Å². The summed E-state index contributed by atoms with van der Waals surface area (Å²) in [5.41, 5.74) is 1.97. The topological polar surface area (TPSA) is 107 Å². The third-order valence-corrected chi connectivity index (χ3v) is 4.19. The van der Waals surface area contributed by atoms with E-state index in [0.717, 1.165) is 16.7 Å². The fourth-order valence-electron chi connectivity index (χ4n) is 2.69. The third kappa shape index (κ3) is 4.29. The Labute approximate surface area is 160 Å². The highest BCUT2D eigenvalue weighted by Gasteiger charge is 2.15. The Morgan fingerprint density at radius 2 is 1.82 bits per heavy atom.